The van der Waals surface area contributed by atoms with E-state index in [0.717, 1.165) is 43.8 Å². The van der Waals surface area contributed by atoms with Gasteiger partial charge in [0.2, 0.25) is 5.91 Å². The molecule has 3 atom stereocenters. The van der Waals surface area contributed by atoms with Crippen LogP contribution in [-0.2, 0) is 9.59 Å². The third-order valence-corrected chi connectivity index (χ3v) is 6.67. The number of imide groups is 1. The van der Waals surface area contributed by atoms with E-state index >= 15 is 0 Å². The number of hydrogen-bond acceptors (Lipinski definition) is 4. The number of piperidine rings is 1. The maximum Gasteiger partial charge on any atom is 0.327 e. The molecule has 3 unspecified atom stereocenters. The summed E-state index contributed by atoms with van der Waals surface area (Å²) in [7, 11) is 1.70. The molecule has 2 saturated heterocycles. The first-order chi connectivity index (χ1) is 13.2. The fourth-order valence-electron chi connectivity index (χ4n) is 5.51. The average molecular weight is 393 g/mol. The molecule has 3 rings (SSSR count). The lowest BCUT2D eigenvalue weighted by atomic mass is 9.81. The van der Waals surface area contributed by atoms with Crippen LogP contribution in [0.25, 0.3) is 0 Å². The van der Waals surface area contributed by atoms with Crippen molar-refractivity contribution in [1.82, 2.24) is 20.0 Å². The Morgan fingerprint density at radius 3 is 2.36 bits per heavy atom. The van der Waals surface area contributed by atoms with Gasteiger partial charge in [-0.2, -0.15) is 0 Å². The van der Waals surface area contributed by atoms with Gasteiger partial charge in [-0.25, -0.2) is 4.79 Å². The number of hydrogen-bond donors (Lipinski definition) is 1. The first-order valence-electron chi connectivity index (χ1n) is 10.8. The lowest BCUT2D eigenvalue weighted by molar-refractivity contribution is -0.137. The van der Waals surface area contributed by atoms with Crippen LogP contribution in [0.3, 0.4) is 0 Å². The van der Waals surface area contributed by atoms with Gasteiger partial charge >= 0.3 is 6.03 Å². The molecule has 1 N–H and O–H groups in total. The van der Waals surface area contributed by atoms with Crippen LogP contribution in [0.1, 0.15) is 59.3 Å². The van der Waals surface area contributed by atoms with Crippen molar-refractivity contribution in [3.8, 4) is 0 Å². The summed E-state index contributed by atoms with van der Waals surface area (Å²) in [5.74, 6) is 0.900. The van der Waals surface area contributed by atoms with E-state index in [-0.39, 0.29) is 30.4 Å². The predicted octanol–water partition coefficient (Wildman–Crippen LogP) is 2.07. The molecule has 0 aromatic carbocycles. The van der Waals surface area contributed by atoms with Crippen LogP contribution < -0.4 is 5.32 Å². The molecule has 1 aliphatic carbocycles. The Bertz CT molecular complexity index is 607. The standard InChI is InChI=1S/C21H36N4O3/c1-15-10-16(2)12-24(11-15)13-17(3)22-18(26)14-25-19(27)21(23(4)20(25)28)8-6-5-7-9-21/h15-17H,5-14H2,1-4H3,(H,22,26). The van der Waals surface area contributed by atoms with E-state index in [1.807, 2.05) is 6.92 Å². The summed E-state index contributed by atoms with van der Waals surface area (Å²) >= 11 is 0. The van der Waals surface area contributed by atoms with Crippen LogP contribution in [0.15, 0.2) is 0 Å². The molecule has 3 aliphatic rings. The smallest absolute Gasteiger partial charge is 0.327 e. The highest BCUT2D eigenvalue weighted by Gasteiger charge is 2.55. The van der Waals surface area contributed by atoms with Crippen molar-refractivity contribution < 1.29 is 14.4 Å². The number of likely N-dealkylation sites (N-methyl/N-ethyl adjacent to an activating group) is 1. The Morgan fingerprint density at radius 2 is 1.75 bits per heavy atom. The maximum atomic E-state index is 13.0. The number of urea groups is 1. The second-order valence-corrected chi connectivity index (χ2v) is 9.46. The van der Waals surface area contributed by atoms with Crippen LogP contribution in [0.2, 0.25) is 0 Å². The Balaban J connectivity index is 1.54. The number of carbonyl (C=O) groups is 3. The van der Waals surface area contributed by atoms with E-state index in [0.29, 0.717) is 24.7 Å². The monoisotopic (exact) mass is 392 g/mol. The number of amides is 4. The Labute approximate surface area is 168 Å². The summed E-state index contributed by atoms with van der Waals surface area (Å²) in [6, 6.07) is -0.354. The topological polar surface area (TPSA) is 73.0 Å². The normalized spacial score (nSPS) is 29.4. The number of nitrogens with one attached hydrogen (secondary N) is 1. The molecule has 28 heavy (non-hydrogen) atoms. The predicted molar refractivity (Wildman–Crippen MR) is 108 cm³/mol. The Morgan fingerprint density at radius 1 is 1.14 bits per heavy atom. The fourth-order valence-corrected chi connectivity index (χ4v) is 5.51. The number of likely N-dealkylation sites (tertiary alicyclic amines) is 1. The van der Waals surface area contributed by atoms with Crippen molar-refractivity contribution in [2.75, 3.05) is 33.2 Å². The van der Waals surface area contributed by atoms with Gasteiger partial charge in [0.05, 0.1) is 0 Å². The first kappa shape index (κ1) is 21.1. The summed E-state index contributed by atoms with van der Waals surface area (Å²) in [6.45, 7) is 9.27. The van der Waals surface area contributed by atoms with Gasteiger partial charge in [0.15, 0.2) is 0 Å². The summed E-state index contributed by atoms with van der Waals surface area (Å²) in [5.41, 5.74) is -0.721. The van der Waals surface area contributed by atoms with E-state index in [1.54, 1.807) is 11.9 Å². The van der Waals surface area contributed by atoms with E-state index in [2.05, 4.69) is 24.1 Å². The Hall–Kier alpha value is -1.63. The average Bonchev–Trinajstić information content (AvgIpc) is 2.78. The van der Waals surface area contributed by atoms with Crippen molar-refractivity contribution >= 4 is 17.8 Å². The molecule has 2 aliphatic heterocycles. The largest absolute Gasteiger partial charge is 0.351 e. The summed E-state index contributed by atoms with van der Waals surface area (Å²) in [6.07, 6.45) is 5.66. The molecule has 0 aromatic heterocycles. The lowest BCUT2D eigenvalue weighted by Gasteiger charge is -2.36. The van der Waals surface area contributed by atoms with Gasteiger partial charge in [0.1, 0.15) is 12.1 Å². The first-order valence-corrected chi connectivity index (χ1v) is 10.8. The van der Waals surface area contributed by atoms with E-state index in [9.17, 15) is 14.4 Å². The molecular formula is C21H36N4O3. The van der Waals surface area contributed by atoms with Crippen LogP contribution >= 0.6 is 0 Å². The van der Waals surface area contributed by atoms with Crippen LogP contribution in [0, 0.1) is 11.8 Å². The zero-order valence-electron chi connectivity index (χ0n) is 17.9. The maximum absolute atomic E-state index is 13.0. The van der Waals surface area contributed by atoms with Crippen molar-refractivity contribution in [3.05, 3.63) is 0 Å². The molecule has 158 valence electrons. The zero-order chi connectivity index (χ0) is 20.5. The number of nitrogens with zero attached hydrogens (tertiary/aromatic N) is 3. The van der Waals surface area contributed by atoms with E-state index < -0.39 is 5.54 Å². The third-order valence-electron chi connectivity index (χ3n) is 6.67. The molecule has 4 amide bonds. The van der Waals surface area contributed by atoms with Crippen LogP contribution in [0.4, 0.5) is 4.79 Å². The summed E-state index contributed by atoms with van der Waals surface area (Å²) in [4.78, 5) is 43.3. The van der Waals surface area contributed by atoms with Gasteiger partial charge in [-0.15, -0.1) is 0 Å². The highest BCUT2D eigenvalue weighted by Crippen LogP contribution is 2.39. The van der Waals surface area contributed by atoms with Gasteiger partial charge in [-0.1, -0.05) is 33.1 Å². The summed E-state index contributed by atoms with van der Waals surface area (Å²) < 4.78 is 0. The van der Waals surface area contributed by atoms with Crippen LogP contribution in [0.5, 0.6) is 0 Å². The quantitative estimate of drug-likeness (QED) is 0.727. The van der Waals surface area contributed by atoms with Crippen molar-refractivity contribution in [2.45, 2.75) is 70.9 Å². The molecule has 1 saturated carbocycles. The van der Waals surface area contributed by atoms with Crippen molar-refractivity contribution in [3.63, 3.8) is 0 Å². The minimum atomic E-state index is -0.721. The van der Waals surface area contributed by atoms with Crippen molar-refractivity contribution in [1.29, 1.82) is 0 Å². The van der Waals surface area contributed by atoms with Crippen LogP contribution in [-0.4, -0.2) is 77.4 Å². The molecular weight excluding hydrogens is 356 g/mol. The number of rotatable bonds is 5. The molecule has 1 spiro atoms. The highest BCUT2D eigenvalue weighted by molar-refractivity contribution is 6.08. The van der Waals surface area contributed by atoms with Gasteiger partial charge < -0.3 is 15.1 Å². The highest BCUT2D eigenvalue weighted by atomic mass is 16.2. The molecule has 0 aromatic rings. The Kier molecular flexibility index (Phi) is 6.32. The van der Waals surface area contributed by atoms with Crippen molar-refractivity contribution in [2.24, 2.45) is 11.8 Å². The van der Waals surface area contributed by atoms with Gasteiger partial charge in [0.25, 0.3) is 5.91 Å². The summed E-state index contributed by atoms with van der Waals surface area (Å²) in [5, 5.41) is 2.99. The van der Waals surface area contributed by atoms with E-state index in [4.69, 9.17) is 0 Å². The van der Waals surface area contributed by atoms with E-state index in [1.165, 1.54) is 6.42 Å². The molecule has 7 nitrogen and oxygen atoms in total. The molecule has 7 heteroatoms. The second kappa shape index (κ2) is 8.39. The molecule has 0 bridgehead atoms. The molecule has 3 fully saturated rings. The third kappa shape index (κ3) is 4.19. The molecule has 2 heterocycles. The van der Waals surface area contributed by atoms with Gasteiger partial charge in [-0.05, 0) is 38.0 Å². The van der Waals surface area contributed by atoms with Gasteiger partial charge in [-0.3, -0.25) is 14.5 Å². The number of carbonyl (C=O) groups excluding carboxylic acids is 3. The second-order valence-electron chi connectivity index (χ2n) is 9.46. The van der Waals surface area contributed by atoms with Gasteiger partial charge in [0, 0.05) is 32.7 Å². The minimum absolute atomic E-state index is 0.0147. The zero-order valence-corrected chi connectivity index (χ0v) is 17.9. The minimum Gasteiger partial charge on any atom is -0.351 e. The SMILES string of the molecule is CC1CC(C)CN(CC(C)NC(=O)CN2C(=O)N(C)C3(CCCCC3)C2=O)C1. The molecule has 0 radical (unpaired) electrons. The lowest BCUT2D eigenvalue weighted by Crippen LogP contribution is -2.50. The fraction of sp³-hybridized carbons (Fsp3) is 0.857.